The minimum atomic E-state index is -0.680. The lowest BCUT2D eigenvalue weighted by atomic mass is 9.89. The fourth-order valence-electron chi connectivity index (χ4n) is 3.51. The molecule has 1 aliphatic rings. The highest BCUT2D eigenvalue weighted by Crippen LogP contribution is 2.28. The maximum atomic E-state index is 11.3. The summed E-state index contributed by atoms with van der Waals surface area (Å²) in [7, 11) is 0. The molecule has 1 N–H and O–H groups in total. The molecule has 0 amide bonds. The van der Waals surface area contributed by atoms with Crippen LogP contribution in [-0.4, -0.2) is 38.8 Å². The Kier molecular flexibility index (Phi) is 4.95. The third-order valence-corrected chi connectivity index (χ3v) is 4.77. The second kappa shape index (κ2) is 7.00. The number of carboxylic acids is 1. The van der Waals surface area contributed by atoms with Crippen molar-refractivity contribution in [3.05, 3.63) is 47.8 Å². The third kappa shape index (κ3) is 4.10. The highest BCUT2D eigenvalue weighted by Gasteiger charge is 2.28. The molecule has 2 aromatic rings. The van der Waals surface area contributed by atoms with Crippen molar-refractivity contribution in [1.82, 2.24) is 14.7 Å². The minimum Gasteiger partial charge on any atom is -0.481 e. The van der Waals surface area contributed by atoms with Gasteiger partial charge in [0.05, 0.1) is 17.3 Å². The van der Waals surface area contributed by atoms with Gasteiger partial charge >= 0.3 is 5.97 Å². The van der Waals surface area contributed by atoms with Crippen molar-refractivity contribution in [2.45, 2.75) is 45.6 Å². The molecule has 3 rings (SSSR count). The van der Waals surface area contributed by atoms with Gasteiger partial charge in [-0.15, -0.1) is 0 Å². The number of carbonyl (C=O) groups is 1. The van der Waals surface area contributed by atoms with E-state index in [1.165, 1.54) is 5.56 Å². The number of likely N-dealkylation sites (tertiary alicyclic amines) is 1. The molecular weight excluding hydrogens is 314 g/mol. The predicted molar refractivity (Wildman–Crippen MR) is 97.9 cm³/mol. The van der Waals surface area contributed by atoms with Crippen LogP contribution in [0.15, 0.2) is 36.5 Å². The van der Waals surface area contributed by atoms with E-state index >= 15 is 0 Å². The van der Waals surface area contributed by atoms with Gasteiger partial charge in [-0.1, -0.05) is 39.0 Å². The van der Waals surface area contributed by atoms with Gasteiger partial charge < -0.3 is 5.11 Å². The summed E-state index contributed by atoms with van der Waals surface area (Å²) in [6.45, 7) is 8.84. The molecule has 1 unspecified atom stereocenters. The summed E-state index contributed by atoms with van der Waals surface area (Å²) in [5.74, 6) is -0.934. The molecule has 1 aromatic carbocycles. The fourth-order valence-corrected chi connectivity index (χ4v) is 3.51. The van der Waals surface area contributed by atoms with Crippen molar-refractivity contribution in [2.24, 2.45) is 5.92 Å². The molecule has 0 bridgehead atoms. The molecule has 5 nitrogen and oxygen atoms in total. The number of hydrogen-bond donors (Lipinski definition) is 1. The molecule has 25 heavy (non-hydrogen) atoms. The number of nitrogens with zero attached hydrogens (tertiary/aromatic N) is 3. The standard InChI is InChI=1S/C20H27N3O2/c1-20(2,3)18-16(13-22-11-7-8-15(12-22)19(24)25)14-23(21-18)17-9-5-4-6-10-17/h4-6,9-10,14-15H,7-8,11-13H2,1-3H3,(H,24,25). The topological polar surface area (TPSA) is 58.4 Å². The Labute approximate surface area is 149 Å². The van der Waals surface area contributed by atoms with Gasteiger partial charge in [-0.25, -0.2) is 4.68 Å². The van der Waals surface area contributed by atoms with E-state index in [1.807, 2.05) is 35.0 Å². The number of rotatable bonds is 4. The Bertz CT molecular complexity index is 731. The molecule has 1 saturated heterocycles. The maximum absolute atomic E-state index is 11.3. The highest BCUT2D eigenvalue weighted by molar-refractivity contribution is 5.70. The van der Waals surface area contributed by atoms with Crippen LogP contribution >= 0.6 is 0 Å². The van der Waals surface area contributed by atoms with Crippen molar-refractivity contribution in [2.75, 3.05) is 13.1 Å². The van der Waals surface area contributed by atoms with Crippen LogP contribution in [0.3, 0.4) is 0 Å². The number of benzene rings is 1. The number of piperidine rings is 1. The van der Waals surface area contributed by atoms with Crippen LogP contribution < -0.4 is 0 Å². The summed E-state index contributed by atoms with van der Waals surface area (Å²) in [6.07, 6.45) is 3.82. The van der Waals surface area contributed by atoms with Gasteiger partial charge in [0.15, 0.2) is 0 Å². The molecular formula is C20H27N3O2. The molecule has 1 aliphatic heterocycles. The average molecular weight is 341 g/mol. The van der Waals surface area contributed by atoms with E-state index in [0.717, 1.165) is 37.3 Å². The molecule has 0 spiro atoms. The van der Waals surface area contributed by atoms with E-state index < -0.39 is 5.97 Å². The van der Waals surface area contributed by atoms with Crippen LogP contribution in [0.1, 0.15) is 44.9 Å². The first-order valence-corrected chi connectivity index (χ1v) is 8.94. The summed E-state index contributed by atoms with van der Waals surface area (Å²) in [6, 6.07) is 10.1. The first-order valence-electron chi connectivity index (χ1n) is 8.94. The van der Waals surface area contributed by atoms with Crippen LogP contribution in [-0.2, 0) is 16.8 Å². The van der Waals surface area contributed by atoms with Crippen molar-refractivity contribution in [1.29, 1.82) is 0 Å². The summed E-state index contributed by atoms with van der Waals surface area (Å²) in [5.41, 5.74) is 3.25. The first kappa shape index (κ1) is 17.7. The zero-order chi connectivity index (χ0) is 18.0. The SMILES string of the molecule is CC(C)(C)c1nn(-c2ccccc2)cc1CN1CCCC(C(=O)O)C1. The van der Waals surface area contributed by atoms with E-state index in [0.29, 0.717) is 6.54 Å². The largest absolute Gasteiger partial charge is 0.481 e. The van der Waals surface area contributed by atoms with Crippen LogP contribution in [0.2, 0.25) is 0 Å². The summed E-state index contributed by atoms with van der Waals surface area (Å²) < 4.78 is 1.94. The van der Waals surface area contributed by atoms with Gasteiger partial charge in [-0.05, 0) is 31.5 Å². The summed E-state index contributed by atoms with van der Waals surface area (Å²) in [5, 5.41) is 14.2. The van der Waals surface area contributed by atoms with Crippen LogP contribution in [0.4, 0.5) is 0 Å². The number of para-hydroxylation sites is 1. The Balaban J connectivity index is 1.87. The van der Waals surface area contributed by atoms with E-state index in [2.05, 4.69) is 31.9 Å². The number of aliphatic carboxylic acids is 1. The summed E-state index contributed by atoms with van der Waals surface area (Å²) in [4.78, 5) is 13.6. The number of carboxylic acid groups (broad SMARTS) is 1. The molecule has 2 heterocycles. The van der Waals surface area contributed by atoms with Gasteiger partial charge in [0.25, 0.3) is 0 Å². The zero-order valence-electron chi connectivity index (χ0n) is 15.3. The lowest BCUT2D eigenvalue weighted by Crippen LogP contribution is -2.38. The molecule has 0 radical (unpaired) electrons. The van der Waals surface area contributed by atoms with E-state index in [1.54, 1.807) is 0 Å². The van der Waals surface area contributed by atoms with Crippen LogP contribution in [0.5, 0.6) is 0 Å². The number of aromatic nitrogens is 2. The van der Waals surface area contributed by atoms with Crippen molar-refractivity contribution in [3.8, 4) is 5.69 Å². The van der Waals surface area contributed by atoms with Crippen molar-refractivity contribution < 1.29 is 9.90 Å². The normalized spacial score (nSPS) is 19.1. The Morgan fingerprint density at radius 1 is 1.28 bits per heavy atom. The van der Waals surface area contributed by atoms with Crippen molar-refractivity contribution in [3.63, 3.8) is 0 Å². The predicted octanol–water partition coefficient (Wildman–Crippen LogP) is 3.47. The minimum absolute atomic E-state index is 0.0582. The van der Waals surface area contributed by atoms with Gasteiger partial charge in [0, 0.05) is 30.3 Å². The van der Waals surface area contributed by atoms with Crippen LogP contribution in [0.25, 0.3) is 5.69 Å². The molecule has 5 heteroatoms. The Morgan fingerprint density at radius 3 is 2.64 bits per heavy atom. The second-order valence-corrected chi connectivity index (χ2v) is 7.95. The lowest BCUT2D eigenvalue weighted by molar-refractivity contribution is -0.143. The molecule has 134 valence electrons. The maximum Gasteiger partial charge on any atom is 0.307 e. The lowest BCUT2D eigenvalue weighted by Gasteiger charge is -2.31. The molecule has 1 aromatic heterocycles. The monoisotopic (exact) mass is 341 g/mol. The van der Waals surface area contributed by atoms with Crippen LogP contribution in [0, 0.1) is 5.92 Å². The highest BCUT2D eigenvalue weighted by atomic mass is 16.4. The van der Waals surface area contributed by atoms with E-state index in [-0.39, 0.29) is 11.3 Å². The Morgan fingerprint density at radius 2 is 2.00 bits per heavy atom. The van der Waals surface area contributed by atoms with Gasteiger partial charge in [0.2, 0.25) is 0 Å². The van der Waals surface area contributed by atoms with Gasteiger partial charge in [0.1, 0.15) is 0 Å². The second-order valence-electron chi connectivity index (χ2n) is 7.95. The Hall–Kier alpha value is -2.14. The number of hydrogen-bond acceptors (Lipinski definition) is 3. The van der Waals surface area contributed by atoms with Gasteiger partial charge in [-0.3, -0.25) is 9.69 Å². The first-order chi connectivity index (χ1) is 11.8. The zero-order valence-corrected chi connectivity index (χ0v) is 15.3. The molecule has 1 fully saturated rings. The summed E-state index contributed by atoms with van der Waals surface area (Å²) >= 11 is 0. The smallest absolute Gasteiger partial charge is 0.307 e. The quantitative estimate of drug-likeness (QED) is 0.925. The van der Waals surface area contributed by atoms with Crippen molar-refractivity contribution >= 4 is 5.97 Å². The third-order valence-electron chi connectivity index (χ3n) is 4.77. The van der Waals surface area contributed by atoms with Gasteiger partial charge in [-0.2, -0.15) is 5.10 Å². The average Bonchev–Trinajstić information content (AvgIpc) is 3.00. The molecule has 0 aliphatic carbocycles. The van der Waals surface area contributed by atoms with E-state index in [4.69, 9.17) is 5.10 Å². The fraction of sp³-hybridized carbons (Fsp3) is 0.500. The van der Waals surface area contributed by atoms with E-state index in [9.17, 15) is 9.90 Å². The molecule has 1 atom stereocenters. The molecule has 0 saturated carbocycles.